The van der Waals surface area contributed by atoms with E-state index in [-0.39, 0.29) is 12.1 Å². The molecule has 9 heteroatoms. The van der Waals surface area contributed by atoms with Crippen molar-refractivity contribution in [3.63, 3.8) is 0 Å². The van der Waals surface area contributed by atoms with Crippen molar-refractivity contribution in [2.24, 2.45) is 0 Å². The van der Waals surface area contributed by atoms with Crippen LogP contribution in [0.3, 0.4) is 0 Å². The summed E-state index contributed by atoms with van der Waals surface area (Å²) in [6.07, 6.45) is 2.52. The van der Waals surface area contributed by atoms with Gasteiger partial charge in [-0.15, -0.1) is 10.2 Å². The number of urea groups is 1. The number of halogens is 1. The van der Waals surface area contributed by atoms with Gasteiger partial charge >= 0.3 is 6.03 Å². The van der Waals surface area contributed by atoms with Crippen LogP contribution >= 0.6 is 11.6 Å². The van der Waals surface area contributed by atoms with Crippen molar-refractivity contribution < 1.29 is 9.32 Å². The van der Waals surface area contributed by atoms with Crippen LogP contribution in [0.2, 0.25) is 5.02 Å². The van der Waals surface area contributed by atoms with Gasteiger partial charge in [0.1, 0.15) is 17.2 Å². The molecule has 0 unspecified atom stereocenters. The third-order valence-corrected chi connectivity index (χ3v) is 5.76. The number of benzene rings is 1. The predicted octanol–water partition coefficient (Wildman–Crippen LogP) is 4.52. The summed E-state index contributed by atoms with van der Waals surface area (Å²) in [6, 6.07) is 7.46. The normalized spacial score (nSPS) is 16.3. The lowest BCUT2D eigenvalue weighted by Crippen LogP contribution is -2.36. The van der Waals surface area contributed by atoms with Gasteiger partial charge in [0.25, 0.3) is 0 Å². The number of carbonyl (C=O) groups is 1. The van der Waals surface area contributed by atoms with E-state index in [1.807, 2.05) is 36.1 Å². The van der Waals surface area contributed by atoms with Gasteiger partial charge in [-0.25, -0.2) is 4.79 Å². The molecule has 1 N–H and O–H groups in total. The quantitative estimate of drug-likeness (QED) is 0.645. The summed E-state index contributed by atoms with van der Waals surface area (Å²) in [7, 11) is 0. The number of rotatable bonds is 5. The summed E-state index contributed by atoms with van der Waals surface area (Å²) in [6.45, 7) is 6.95. The SMILES string of the molecule is CCc1nnc([C@H]2CCCN2C(=O)Nc2c(C)noc2C)n1Cc1ccc(Cl)cc1. The molecule has 0 bridgehead atoms. The Labute approximate surface area is 180 Å². The van der Waals surface area contributed by atoms with Crippen molar-refractivity contribution in [3.05, 3.63) is 58.0 Å². The molecule has 2 aromatic heterocycles. The maximum absolute atomic E-state index is 13.1. The number of anilines is 1. The largest absolute Gasteiger partial charge is 0.359 e. The molecule has 4 rings (SSSR count). The van der Waals surface area contributed by atoms with Crippen molar-refractivity contribution in [2.45, 2.75) is 52.6 Å². The molecular weight excluding hydrogens is 404 g/mol. The zero-order chi connectivity index (χ0) is 21.3. The number of carbonyl (C=O) groups excluding carboxylic acids is 1. The number of aryl methyl sites for hydroxylation is 3. The number of amides is 2. The molecular formula is C21H25ClN6O2. The smallest absolute Gasteiger partial charge is 0.322 e. The molecule has 3 aromatic rings. The van der Waals surface area contributed by atoms with Gasteiger partial charge in [0.15, 0.2) is 11.6 Å². The topological polar surface area (TPSA) is 89.1 Å². The van der Waals surface area contributed by atoms with Crippen LogP contribution in [-0.4, -0.2) is 37.4 Å². The summed E-state index contributed by atoms with van der Waals surface area (Å²) in [5, 5.41) is 16.4. The van der Waals surface area contributed by atoms with E-state index in [4.69, 9.17) is 16.1 Å². The predicted molar refractivity (Wildman–Crippen MR) is 114 cm³/mol. The third kappa shape index (κ3) is 3.92. The van der Waals surface area contributed by atoms with Crippen LogP contribution in [0.4, 0.5) is 10.5 Å². The van der Waals surface area contributed by atoms with Gasteiger partial charge in [0.2, 0.25) is 0 Å². The zero-order valence-corrected chi connectivity index (χ0v) is 18.1. The molecule has 8 nitrogen and oxygen atoms in total. The van der Waals surface area contributed by atoms with E-state index < -0.39 is 0 Å². The highest BCUT2D eigenvalue weighted by molar-refractivity contribution is 6.30. The van der Waals surface area contributed by atoms with Crippen LogP contribution in [0.5, 0.6) is 0 Å². The highest BCUT2D eigenvalue weighted by Gasteiger charge is 2.34. The first-order valence-corrected chi connectivity index (χ1v) is 10.5. The Balaban J connectivity index is 1.60. The number of aromatic nitrogens is 4. The Kier molecular flexibility index (Phi) is 5.76. The van der Waals surface area contributed by atoms with E-state index in [9.17, 15) is 4.79 Å². The Morgan fingerprint density at radius 2 is 2.03 bits per heavy atom. The standard InChI is InChI=1S/C21H25ClN6O2/c1-4-18-24-25-20(28(18)12-15-7-9-16(22)10-8-15)17-6-5-11-27(17)21(29)23-19-13(2)26-30-14(19)3/h7-10,17H,4-6,11-12H2,1-3H3,(H,23,29)/t17-/m1/s1. The molecule has 158 valence electrons. The van der Waals surface area contributed by atoms with Crippen molar-refractivity contribution in [3.8, 4) is 0 Å². The Hall–Kier alpha value is -2.87. The summed E-state index contributed by atoms with van der Waals surface area (Å²) in [5.74, 6) is 2.31. The van der Waals surface area contributed by atoms with Crippen molar-refractivity contribution in [2.75, 3.05) is 11.9 Å². The Bertz CT molecular complexity index is 1020. The average molecular weight is 429 g/mol. The molecule has 30 heavy (non-hydrogen) atoms. The Morgan fingerprint density at radius 1 is 1.27 bits per heavy atom. The fourth-order valence-corrected chi connectivity index (χ4v) is 4.05. The lowest BCUT2D eigenvalue weighted by Gasteiger charge is -2.25. The van der Waals surface area contributed by atoms with Crippen LogP contribution in [0, 0.1) is 13.8 Å². The summed E-state index contributed by atoms with van der Waals surface area (Å²) >= 11 is 6.03. The van der Waals surface area contributed by atoms with Crippen molar-refractivity contribution in [1.29, 1.82) is 0 Å². The maximum atomic E-state index is 13.1. The molecule has 1 aromatic carbocycles. The molecule has 0 aliphatic carbocycles. The molecule has 1 saturated heterocycles. The van der Waals surface area contributed by atoms with Gasteiger partial charge < -0.3 is 19.3 Å². The number of hydrogen-bond acceptors (Lipinski definition) is 5. The van der Waals surface area contributed by atoms with Crippen LogP contribution in [0.1, 0.15) is 54.5 Å². The third-order valence-electron chi connectivity index (χ3n) is 5.50. The number of nitrogens with one attached hydrogen (secondary N) is 1. The van der Waals surface area contributed by atoms with Crippen LogP contribution in [0.15, 0.2) is 28.8 Å². The lowest BCUT2D eigenvalue weighted by molar-refractivity contribution is 0.203. The highest BCUT2D eigenvalue weighted by Crippen LogP contribution is 2.33. The van der Waals surface area contributed by atoms with Gasteiger partial charge in [-0.05, 0) is 44.4 Å². The second-order valence-corrected chi connectivity index (χ2v) is 7.96. The van der Waals surface area contributed by atoms with E-state index in [0.29, 0.717) is 35.3 Å². The monoisotopic (exact) mass is 428 g/mol. The van der Waals surface area contributed by atoms with E-state index in [1.165, 1.54) is 0 Å². The van der Waals surface area contributed by atoms with Gasteiger partial charge in [0.05, 0.1) is 12.6 Å². The van der Waals surface area contributed by atoms with Crippen LogP contribution in [0.25, 0.3) is 0 Å². The van der Waals surface area contributed by atoms with E-state index in [1.54, 1.807) is 6.92 Å². The van der Waals surface area contributed by atoms with Crippen molar-refractivity contribution in [1.82, 2.24) is 24.8 Å². The molecule has 1 aliphatic heterocycles. The molecule has 2 amide bonds. The fraction of sp³-hybridized carbons (Fsp3) is 0.429. The molecule has 0 radical (unpaired) electrons. The molecule has 1 fully saturated rings. The second-order valence-electron chi connectivity index (χ2n) is 7.52. The molecule has 1 atom stereocenters. The fourth-order valence-electron chi connectivity index (χ4n) is 3.92. The molecule has 3 heterocycles. The molecule has 0 spiro atoms. The van der Waals surface area contributed by atoms with E-state index in [2.05, 4.69) is 32.2 Å². The lowest BCUT2D eigenvalue weighted by atomic mass is 10.2. The molecule has 1 aliphatic rings. The maximum Gasteiger partial charge on any atom is 0.322 e. The average Bonchev–Trinajstić information content (AvgIpc) is 3.44. The van der Waals surface area contributed by atoms with Gasteiger partial charge in [-0.2, -0.15) is 0 Å². The van der Waals surface area contributed by atoms with Crippen molar-refractivity contribution >= 4 is 23.3 Å². The van der Waals surface area contributed by atoms with Gasteiger partial charge in [-0.1, -0.05) is 35.8 Å². The minimum Gasteiger partial charge on any atom is -0.359 e. The van der Waals surface area contributed by atoms with E-state index in [0.717, 1.165) is 36.5 Å². The number of hydrogen-bond donors (Lipinski definition) is 1. The summed E-state index contributed by atoms with van der Waals surface area (Å²) in [4.78, 5) is 14.9. The van der Waals surface area contributed by atoms with Gasteiger partial charge in [-0.3, -0.25) is 0 Å². The zero-order valence-electron chi connectivity index (χ0n) is 17.4. The first kappa shape index (κ1) is 20.4. The minimum atomic E-state index is -0.175. The van der Waals surface area contributed by atoms with Crippen LogP contribution < -0.4 is 5.32 Å². The minimum absolute atomic E-state index is 0.134. The van der Waals surface area contributed by atoms with Crippen LogP contribution in [-0.2, 0) is 13.0 Å². The summed E-state index contributed by atoms with van der Waals surface area (Å²) in [5.41, 5.74) is 2.40. The Morgan fingerprint density at radius 3 is 2.70 bits per heavy atom. The number of nitrogens with zero attached hydrogens (tertiary/aromatic N) is 5. The second kappa shape index (κ2) is 8.47. The number of likely N-dealkylation sites (tertiary alicyclic amines) is 1. The summed E-state index contributed by atoms with van der Waals surface area (Å²) < 4.78 is 7.28. The first-order chi connectivity index (χ1) is 14.5. The van der Waals surface area contributed by atoms with Gasteiger partial charge in [0, 0.05) is 18.0 Å². The highest BCUT2D eigenvalue weighted by atomic mass is 35.5. The van der Waals surface area contributed by atoms with E-state index >= 15 is 0 Å². The first-order valence-electron chi connectivity index (χ1n) is 10.1. The molecule has 0 saturated carbocycles.